The molecule has 0 saturated carbocycles. The third kappa shape index (κ3) is 6.01. The summed E-state index contributed by atoms with van der Waals surface area (Å²) in [5.74, 6) is -2.20. The predicted molar refractivity (Wildman–Crippen MR) is 26.6 cm³/mol. The van der Waals surface area contributed by atoms with E-state index in [2.05, 4.69) is 6.58 Å². The molecule has 0 aliphatic carbocycles. The summed E-state index contributed by atoms with van der Waals surface area (Å²) in [7, 11) is 0. The van der Waals surface area contributed by atoms with E-state index in [1.165, 1.54) is 0 Å². The van der Waals surface area contributed by atoms with Gasteiger partial charge in [-0.1, -0.05) is 0 Å². The van der Waals surface area contributed by atoms with Crippen LogP contribution in [0.15, 0.2) is 12.3 Å². The fraction of sp³-hybridized carbons (Fsp3) is 0. The standard InChI is InChI=1S/C3H4O3.Na.H/c1-2(4)3(5)6;;/h4H,1H2,(H,5,6);;. The molecular formula is C3H5NaO3. The SMILES string of the molecule is C=C(O)C(=O)O.[NaH]. The van der Waals surface area contributed by atoms with E-state index in [9.17, 15) is 4.79 Å². The van der Waals surface area contributed by atoms with E-state index in [1.807, 2.05) is 0 Å². The fourth-order valence-corrected chi connectivity index (χ4v) is 0. The fourth-order valence-electron chi connectivity index (χ4n) is 0. The van der Waals surface area contributed by atoms with Crippen molar-refractivity contribution in [1.29, 1.82) is 0 Å². The number of aliphatic carboxylic acids is 1. The van der Waals surface area contributed by atoms with Crippen molar-refractivity contribution in [3.05, 3.63) is 12.3 Å². The molecule has 4 heteroatoms. The molecule has 0 saturated heterocycles. The van der Waals surface area contributed by atoms with Crippen molar-refractivity contribution in [2.24, 2.45) is 0 Å². The van der Waals surface area contributed by atoms with E-state index >= 15 is 0 Å². The molecule has 0 unspecified atom stereocenters. The summed E-state index contributed by atoms with van der Waals surface area (Å²) in [6, 6.07) is 0. The Hall–Kier alpha value is 0.0100. The molecule has 0 aliphatic rings. The number of hydrogen-bond donors (Lipinski definition) is 2. The second kappa shape index (κ2) is 4.18. The first-order valence-corrected chi connectivity index (χ1v) is 1.25. The van der Waals surface area contributed by atoms with Crippen LogP contribution in [0.4, 0.5) is 0 Å². The second-order valence-electron chi connectivity index (χ2n) is 0.752. The van der Waals surface area contributed by atoms with Gasteiger partial charge in [0.15, 0.2) is 5.76 Å². The Bertz CT molecular complexity index is 76.2. The average Bonchev–Trinajstić information content (AvgIpc) is 1.36. The van der Waals surface area contributed by atoms with Crippen molar-refractivity contribution in [3.8, 4) is 0 Å². The number of carboxylic acid groups (broad SMARTS) is 1. The minimum atomic E-state index is -1.38. The van der Waals surface area contributed by atoms with Crippen LogP contribution < -0.4 is 0 Å². The number of hydrogen-bond acceptors (Lipinski definition) is 2. The first-order valence-electron chi connectivity index (χ1n) is 1.25. The molecule has 3 nitrogen and oxygen atoms in total. The van der Waals surface area contributed by atoms with Crippen LogP contribution in [0.5, 0.6) is 0 Å². The molecule has 0 aliphatic heterocycles. The van der Waals surface area contributed by atoms with Gasteiger partial charge in [0.05, 0.1) is 0 Å². The normalized spacial score (nSPS) is 6.29. The van der Waals surface area contributed by atoms with Crippen LogP contribution in [0, 0.1) is 0 Å². The monoisotopic (exact) mass is 112 g/mol. The number of rotatable bonds is 1. The summed E-state index contributed by atoms with van der Waals surface area (Å²) in [5, 5.41) is 15.5. The van der Waals surface area contributed by atoms with Crippen LogP contribution in [-0.4, -0.2) is 45.7 Å². The van der Waals surface area contributed by atoms with E-state index in [4.69, 9.17) is 10.2 Å². The first kappa shape index (κ1) is 10.1. The number of carbonyl (C=O) groups is 1. The molecule has 0 heterocycles. The molecule has 36 valence electrons. The third-order valence-electron chi connectivity index (χ3n) is 0.247. The summed E-state index contributed by atoms with van der Waals surface area (Å²) in [5.41, 5.74) is 0. The molecule has 0 aromatic rings. The van der Waals surface area contributed by atoms with Gasteiger partial charge in [0.25, 0.3) is 0 Å². The van der Waals surface area contributed by atoms with E-state index < -0.39 is 11.7 Å². The van der Waals surface area contributed by atoms with Crippen molar-refractivity contribution in [1.82, 2.24) is 0 Å². The van der Waals surface area contributed by atoms with Crippen molar-refractivity contribution in [2.45, 2.75) is 0 Å². The molecule has 0 aromatic heterocycles. The Kier molecular flexibility index (Phi) is 6.02. The summed E-state index contributed by atoms with van der Waals surface area (Å²) < 4.78 is 0. The molecule has 0 spiro atoms. The van der Waals surface area contributed by atoms with Crippen LogP contribution in [0.25, 0.3) is 0 Å². The molecular weight excluding hydrogens is 107 g/mol. The van der Waals surface area contributed by atoms with Crippen LogP contribution in [0.2, 0.25) is 0 Å². The molecule has 0 fully saturated rings. The summed E-state index contributed by atoms with van der Waals surface area (Å²) in [4.78, 5) is 9.35. The van der Waals surface area contributed by atoms with Gasteiger partial charge in [-0.05, 0) is 6.58 Å². The number of aliphatic hydroxyl groups is 1. The Labute approximate surface area is 62.9 Å². The van der Waals surface area contributed by atoms with Gasteiger partial charge in [0.2, 0.25) is 0 Å². The molecule has 0 aromatic carbocycles. The minimum absolute atomic E-state index is 0. The van der Waals surface area contributed by atoms with Gasteiger partial charge >= 0.3 is 35.5 Å². The van der Waals surface area contributed by atoms with Crippen molar-refractivity contribution in [2.75, 3.05) is 0 Å². The summed E-state index contributed by atoms with van der Waals surface area (Å²) in [6.07, 6.45) is 0. The van der Waals surface area contributed by atoms with E-state index in [1.54, 1.807) is 0 Å². The molecule has 0 bridgehead atoms. The maximum absolute atomic E-state index is 9.35. The van der Waals surface area contributed by atoms with Gasteiger partial charge < -0.3 is 10.2 Å². The Balaban J connectivity index is 0. The van der Waals surface area contributed by atoms with E-state index in [0.29, 0.717) is 0 Å². The van der Waals surface area contributed by atoms with Crippen molar-refractivity contribution in [3.63, 3.8) is 0 Å². The molecule has 0 atom stereocenters. The van der Waals surface area contributed by atoms with Gasteiger partial charge in [-0.3, -0.25) is 0 Å². The maximum atomic E-state index is 9.35. The number of aliphatic hydroxyl groups excluding tert-OH is 1. The van der Waals surface area contributed by atoms with Crippen LogP contribution in [-0.2, 0) is 4.79 Å². The van der Waals surface area contributed by atoms with Gasteiger partial charge in [-0.2, -0.15) is 0 Å². The van der Waals surface area contributed by atoms with Gasteiger partial charge in [0, 0.05) is 0 Å². The first-order chi connectivity index (χ1) is 2.64. The van der Waals surface area contributed by atoms with Crippen LogP contribution in [0.3, 0.4) is 0 Å². The average molecular weight is 112 g/mol. The summed E-state index contributed by atoms with van der Waals surface area (Å²) >= 11 is 0. The molecule has 0 radical (unpaired) electrons. The zero-order chi connectivity index (χ0) is 5.15. The Morgan fingerprint density at radius 3 is 1.57 bits per heavy atom. The quantitative estimate of drug-likeness (QED) is 0.273. The summed E-state index contributed by atoms with van der Waals surface area (Å²) in [6.45, 7) is 2.71. The molecule has 2 N–H and O–H groups in total. The van der Waals surface area contributed by atoms with Crippen LogP contribution in [0.1, 0.15) is 0 Å². The van der Waals surface area contributed by atoms with Crippen molar-refractivity contribution < 1.29 is 15.0 Å². The zero-order valence-electron chi connectivity index (χ0n) is 3.01. The van der Waals surface area contributed by atoms with Gasteiger partial charge in [-0.15, -0.1) is 0 Å². The Morgan fingerprint density at radius 2 is 1.57 bits per heavy atom. The topological polar surface area (TPSA) is 57.5 Å². The molecule has 0 amide bonds. The van der Waals surface area contributed by atoms with Gasteiger partial charge in [0.1, 0.15) is 0 Å². The zero-order valence-corrected chi connectivity index (χ0v) is 3.01. The third-order valence-corrected chi connectivity index (χ3v) is 0.247. The second-order valence-corrected chi connectivity index (χ2v) is 0.752. The molecule has 7 heavy (non-hydrogen) atoms. The van der Waals surface area contributed by atoms with E-state index in [-0.39, 0.29) is 29.6 Å². The van der Waals surface area contributed by atoms with E-state index in [0.717, 1.165) is 0 Å². The van der Waals surface area contributed by atoms with Gasteiger partial charge in [-0.25, -0.2) is 4.79 Å². The van der Waals surface area contributed by atoms with Crippen LogP contribution >= 0.6 is 0 Å². The Morgan fingerprint density at radius 1 is 1.43 bits per heavy atom. The predicted octanol–water partition coefficient (Wildman–Crippen LogP) is -0.506. The van der Waals surface area contributed by atoms with Crippen molar-refractivity contribution >= 4 is 35.5 Å². The molecule has 0 rings (SSSR count). The number of carboxylic acids is 1.